The van der Waals surface area contributed by atoms with E-state index in [0.29, 0.717) is 23.3 Å². The van der Waals surface area contributed by atoms with Crippen LogP contribution in [0.3, 0.4) is 0 Å². The number of sulfone groups is 1. The molecule has 1 atom stereocenters. The number of rotatable bonds is 4. The molecule has 2 heterocycles. The molecule has 150 valence electrons. The van der Waals surface area contributed by atoms with Crippen LogP contribution in [0.15, 0.2) is 21.3 Å². The Morgan fingerprint density at radius 2 is 2.04 bits per heavy atom. The molecule has 1 saturated heterocycles. The van der Waals surface area contributed by atoms with Crippen molar-refractivity contribution in [1.82, 2.24) is 4.90 Å². The molecular weight excluding hydrogens is 382 g/mol. The van der Waals surface area contributed by atoms with Gasteiger partial charge in [0, 0.05) is 29.6 Å². The topological polar surface area (TPSA) is 93.9 Å². The van der Waals surface area contributed by atoms with Crippen molar-refractivity contribution in [1.29, 1.82) is 0 Å². The highest BCUT2D eigenvalue weighted by Gasteiger charge is 2.32. The van der Waals surface area contributed by atoms with Gasteiger partial charge < -0.3 is 14.1 Å². The lowest BCUT2D eigenvalue weighted by Gasteiger charge is -2.23. The second-order valence-corrected chi connectivity index (χ2v) is 9.84. The molecule has 4 rings (SSSR count). The first-order valence-electron chi connectivity index (χ1n) is 9.44. The highest BCUT2D eigenvalue weighted by Crippen LogP contribution is 2.33. The Kier molecular flexibility index (Phi) is 4.69. The molecule has 1 aromatic carbocycles. The second-order valence-electron chi connectivity index (χ2n) is 7.62. The number of fused-ring (bicyclic) bond motifs is 3. The standard InChI is InChI=1S/C20H23NO6S/c1-12-17(26-10-18(22)21(2)13-8-9-28(24,25)11-13)7-6-15-14-4-3-5-16(14)20(23)27-19(12)15/h6-7,13H,3-5,8-11H2,1-2H3/t13-/m1/s1. The summed E-state index contributed by atoms with van der Waals surface area (Å²) in [6.07, 6.45) is 3.03. The van der Waals surface area contributed by atoms with Crippen molar-refractivity contribution in [2.45, 2.75) is 38.6 Å². The maximum atomic E-state index is 12.4. The zero-order valence-corrected chi connectivity index (χ0v) is 16.8. The number of benzene rings is 1. The molecule has 1 aromatic heterocycles. The predicted octanol–water partition coefficient (Wildman–Crippen LogP) is 1.61. The van der Waals surface area contributed by atoms with Crippen LogP contribution in [-0.2, 0) is 27.5 Å². The first kappa shape index (κ1) is 19.0. The molecule has 28 heavy (non-hydrogen) atoms. The summed E-state index contributed by atoms with van der Waals surface area (Å²) in [7, 11) is -1.45. The lowest BCUT2D eigenvalue weighted by Crippen LogP contribution is -2.40. The van der Waals surface area contributed by atoms with Gasteiger partial charge in [0.05, 0.1) is 11.5 Å². The first-order valence-corrected chi connectivity index (χ1v) is 11.3. The summed E-state index contributed by atoms with van der Waals surface area (Å²) >= 11 is 0. The van der Waals surface area contributed by atoms with Gasteiger partial charge in [0.2, 0.25) is 0 Å². The average molecular weight is 405 g/mol. The van der Waals surface area contributed by atoms with Crippen LogP contribution in [0.4, 0.5) is 0 Å². The van der Waals surface area contributed by atoms with Gasteiger partial charge in [-0.3, -0.25) is 4.79 Å². The van der Waals surface area contributed by atoms with Crippen LogP contribution in [0.1, 0.15) is 29.5 Å². The number of nitrogens with zero attached hydrogens (tertiary/aromatic N) is 1. The lowest BCUT2D eigenvalue weighted by atomic mass is 10.0. The summed E-state index contributed by atoms with van der Waals surface area (Å²) in [6, 6.07) is 3.37. The average Bonchev–Trinajstić information content (AvgIpc) is 3.28. The highest BCUT2D eigenvalue weighted by atomic mass is 32.2. The number of ether oxygens (including phenoxy) is 1. The van der Waals surface area contributed by atoms with Gasteiger partial charge in [-0.15, -0.1) is 0 Å². The fraction of sp³-hybridized carbons (Fsp3) is 0.500. The predicted molar refractivity (Wildman–Crippen MR) is 105 cm³/mol. The van der Waals surface area contributed by atoms with E-state index in [4.69, 9.17) is 9.15 Å². The van der Waals surface area contributed by atoms with E-state index >= 15 is 0 Å². The van der Waals surface area contributed by atoms with Crippen molar-refractivity contribution in [3.8, 4) is 5.75 Å². The van der Waals surface area contributed by atoms with E-state index in [1.165, 1.54) is 4.90 Å². The summed E-state index contributed by atoms with van der Waals surface area (Å²) in [5.41, 5.74) is 2.72. The van der Waals surface area contributed by atoms with E-state index in [9.17, 15) is 18.0 Å². The fourth-order valence-corrected chi connectivity index (χ4v) is 5.92. The van der Waals surface area contributed by atoms with Crippen LogP contribution in [0.25, 0.3) is 11.0 Å². The minimum Gasteiger partial charge on any atom is -0.483 e. The molecule has 1 amide bonds. The fourth-order valence-electron chi connectivity index (χ4n) is 4.15. The monoisotopic (exact) mass is 405 g/mol. The van der Waals surface area contributed by atoms with E-state index < -0.39 is 9.84 Å². The number of likely N-dealkylation sites (N-methyl/N-ethyl adjacent to an activating group) is 1. The summed E-state index contributed by atoms with van der Waals surface area (Å²) < 4.78 is 34.5. The number of hydrogen-bond donors (Lipinski definition) is 0. The molecule has 0 unspecified atom stereocenters. The number of hydrogen-bond acceptors (Lipinski definition) is 6. The Labute approximate surface area is 163 Å². The van der Waals surface area contributed by atoms with Crippen LogP contribution >= 0.6 is 0 Å². The second kappa shape index (κ2) is 6.92. The number of aryl methyl sites for hydroxylation is 2. The van der Waals surface area contributed by atoms with Crippen molar-refractivity contribution in [2.24, 2.45) is 0 Å². The Morgan fingerprint density at radius 3 is 2.75 bits per heavy atom. The minimum absolute atomic E-state index is 0.000505. The van der Waals surface area contributed by atoms with Crippen LogP contribution in [-0.4, -0.2) is 50.4 Å². The summed E-state index contributed by atoms with van der Waals surface area (Å²) in [5, 5.41) is 0.927. The zero-order valence-electron chi connectivity index (χ0n) is 16.0. The Balaban J connectivity index is 1.52. The largest absolute Gasteiger partial charge is 0.483 e. The van der Waals surface area contributed by atoms with Gasteiger partial charge in [0.1, 0.15) is 11.3 Å². The number of carbonyl (C=O) groups excluding carboxylic acids is 1. The maximum absolute atomic E-state index is 12.4. The third kappa shape index (κ3) is 3.30. The molecule has 2 aromatic rings. The lowest BCUT2D eigenvalue weighted by molar-refractivity contribution is -0.133. The highest BCUT2D eigenvalue weighted by molar-refractivity contribution is 7.91. The third-order valence-corrected chi connectivity index (χ3v) is 7.59. The smallest absolute Gasteiger partial charge is 0.339 e. The molecule has 2 aliphatic rings. The van der Waals surface area contributed by atoms with E-state index in [2.05, 4.69) is 0 Å². The van der Waals surface area contributed by atoms with Gasteiger partial charge in [0.15, 0.2) is 16.4 Å². The molecule has 8 heteroatoms. The maximum Gasteiger partial charge on any atom is 0.339 e. The molecule has 7 nitrogen and oxygen atoms in total. The van der Waals surface area contributed by atoms with Crippen LogP contribution in [0, 0.1) is 6.92 Å². The minimum atomic E-state index is -3.06. The first-order chi connectivity index (χ1) is 13.3. The van der Waals surface area contributed by atoms with Gasteiger partial charge in [-0.05, 0) is 50.3 Å². The molecule has 0 radical (unpaired) electrons. The Morgan fingerprint density at radius 1 is 1.29 bits per heavy atom. The number of amides is 1. The van der Waals surface area contributed by atoms with Gasteiger partial charge in [-0.2, -0.15) is 0 Å². The molecule has 0 saturated carbocycles. The molecule has 0 bridgehead atoms. The molecule has 1 fully saturated rings. The molecule has 0 spiro atoms. The normalized spacial score (nSPS) is 20.3. The van der Waals surface area contributed by atoms with Crippen molar-refractivity contribution in [3.05, 3.63) is 39.2 Å². The SMILES string of the molecule is Cc1c(OCC(=O)N(C)[C@@H]2CCS(=O)(=O)C2)ccc2c3c(c(=O)oc12)CCC3. The van der Waals surface area contributed by atoms with Crippen molar-refractivity contribution < 1.29 is 22.4 Å². The summed E-state index contributed by atoms with van der Waals surface area (Å²) in [6.45, 7) is 1.61. The van der Waals surface area contributed by atoms with Crippen molar-refractivity contribution in [2.75, 3.05) is 25.2 Å². The quantitative estimate of drug-likeness (QED) is 0.718. The van der Waals surface area contributed by atoms with Crippen LogP contribution < -0.4 is 10.4 Å². The van der Waals surface area contributed by atoms with Crippen LogP contribution in [0.5, 0.6) is 5.75 Å². The number of carbonyl (C=O) groups is 1. The molecule has 1 aliphatic heterocycles. The van der Waals surface area contributed by atoms with Crippen molar-refractivity contribution >= 4 is 26.7 Å². The van der Waals surface area contributed by atoms with E-state index in [-0.39, 0.29) is 35.7 Å². The van der Waals surface area contributed by atoms with Gasteiger partial charge in [0.25, 0.3) is 5.91 Å². The van der Waals surface area contributed by atoms with E-state index in [0.717, 1.165) is 35.8 Å². The Bertz CT molecular complexity index is 1120. The molecule has 1 aliphatic carbocycles. The summed E-state index contributed by atoms with van der Waals surface area (Å²) in [4.78, 5) is 26.1. The van der Waals surface area contributed by atoms with Gasteiger partial charge in [-0.25, -0.2) is 13.2 Å². The van der Waals surface area contributed by atoms with E-state index in [1.807, 2.05) is 6.07 Å². The summed E-state index contributed by atoms with van der Waals surface area (Å²) in [5.74, 6) is 0.315. The Hall–Kier alpha value is -2.35. The van der Waals surface area contributed by atoms with Gasteiger partial charge >= 0.3 is 5.63 Å². The van der Waals surface area contributed by atoms with E-state index in [1.54, 1.807) is 20.0 Å². The zero-order chi connectivity index (χ0) is 20.1. The van der Waals surface area contributed by atoms with Crippen molar-refractivity contribution in [3.63, 3.8) is 0 Å². The van der Waals surface area contributed by atoms with Gasteiger partial charge in [-0.1, -0.05) is 0 Å². The molecule has 0 N–H and O–H groups in total. The van der Waals surface area contributed by atoms with Crippen LogP contribution in [0.2, 0.25) is 0 Å². The third-order valence-electron chi connectivity index (χ3n) is 5.84. The molecular formula is C20H23NO6S.